The Morgan fingerprint density at radius 2 is 2.16 bits per heavy atom. The number of pyridine rings is 1. The maximum absolute atomic E-state index is 12.1. The van der Waals surface area contributed by atoms with Crippen LogP contribution < -0.4 is 0 Å². The molecule has 3 N–H and O–H groups in total. The summed E-state index contributed by atoms with van der Waals surface area (Å²) in [5, 5.41) is 28.2. The van der Waals surface area contributed by atoms with Crippen molar-refractivity contribution in [3.8, 4) is 5.75 Å². The predicted molar refractivity (Wildman–Crippen MR) is 71.7 cm³/mol. The highest BCUT2D eigenvalue weighted by Gasteiger charge is 2.44. The largest absolute Gasteiger partial charge is 0.505 e. The first-order valence-corrected chi connectivity index (χ1v) is 6.51. The van der Waals surface area contributed by atoms with Crippen LogP contribution in [0.25, 0.3) is 0 Å². The fourth-order valence-electron chi connectivity index (χ4n) is 1.88. The first-order chi connectivity index (χ1) is 8.83. The Morgan fingerprint density at radius 1 is 1.47 bits per heavy atom. The van der Waals surface area contributed by atoms with Crippen LogP contribution in [0.5, 0.6) is 5.75 Å². The summed E-state index contributed by atoms with van der Waals surface area (Å²) in [7, 11) is 0. The van der Waals surface area contributed by atoms with E-state index in [0.717, 1.165) is 0 Å². The second-order valence-corrected chi connectivity index (χ2v) is 5.37. The molecule has 19 heavy (non-hydrogen) atoms. The lowest BCUT2D eigenvalue weighted by molar-refractivity contribution is -0.156. The number of carbonyl (C=O) groups excluding carboxylic acids is 1. The number of carboxylic acids is 1. The Labute approximate surface area is 122 Å². The SMILES string of the molecule is O=C(c1cnc(I)c(O)c1)N1CCC(O)(C(=O)O)C1. The third kappa shape index (κ3) is 2.63. The van der Waals surface area contributed by atoms with Gasteiger partial charge in [0.05, 0.1) is 12.1 Å². The Balaban J connectivity index is 2.18. The Morgan fingerprint density at radius 3 is 2.68 bits per heavy atom. The van der Waals surface area contributed by atoms with Crippen LogP contribution in [0.15, 0.2) is 12.3 Å². The van der Waals surface area contributed by atoms with E-state index in [2.05, 4.69) is 4.98 Å². The Bertz CT molecular complexity index is 550. The molecule has 7 nitrogen and oxygen atoms in total. The summed E-state index contributed by atoms with van der Waals surface area (Å²) in [6.07, 6.45) is 1.29. The molecule has 1 unspecified atom stereocenters. The maximum Gasteiger partial charge on any atom is 0.337 e. The van der Waals surface area contributed by atoms with E-state index in [1.807, 2.05) is 22.6 Å². The van der Waals surface area contributed by atoms with Crippen molar-refractivity contribution >= 4 is 34.5 Å². The summed E-state index contributed by atoms with van der Waals surface area (Å²) >= 11 is 1.82. The number of likely N-dealkylation sites (tertiary alicyclic amines) is 1. The second kappa shape index (κ2) is 4.93. The minimum atomic E-state index is -1.89. The zero-order valence-corrected chi connectivity index (χ0v) is 11.9. The topological polar surface area (TPSA) is 111 Å². The number of hydrogen-bond acceptors (Lipinski definition) is 5. The van der Waals surface area contributed by atoms with Crippen LogP contribution in [0.2, 0.25) is 0 Å². The van der Waals surface area contributed by atoms with Gasteiger partial charge >= 0.3 is 5.97 Å². The molecule has 0 aliphatic carbocycles. The van der Waals surface area contributed by atoms with Gasteiger partial charge in [-0.2, -0.15) is 0 Å². The van der Waals surface area contributed by atoms with Gasteiger partial charge in [-0.1, -0.05) is 0 Å². The third-order valence-electron chi connectivity index (χ3n) is 3.00. The summed E-state index contributed by atoms with van der Waals surface area (Å²) < 4.78 is 0.373. The van der Waals surface area contributed by atoms with Crippen molar-refractivity contribution in [1.82, 2.24) is 9.88 Å². The molecule has 1 aromatic heterocycles. The molecule has 1 amide bonds. The van der Waals surface area contributed by atoms with Crippen molar-refractivity contribution in [1.29, 1.82) is 0 Å². The summed E-state index contributed by atoms with van der Waals surface area (Å²) in [5.41, 5.74) is -1.73. The van der Waals surface area contributed by atoms with Crippen LogP contribution in [0.3, 0.4) is 0 Å². The quantitative estimate of drug-likeness (QED) is 0.496. The molecule has 0 saturated carbocycles. The van der Waals surface area contributed by atoms with Crippen LogP contribution in [0.1, 0.15) is 16.8 Å². The molecule has 102 valence electrons. The van der Waals surface area contributed by atoms with E-state index >= 15 is 0 Å². The zero-order valence-electron chi connectivity index (χ0n) is 9.71. The number of β-amino-alcohol motifs (C(OH)–C–C–N with tert-alkyl or cyclic N) is 1. The molecule has 1 fully saturated rings. The standard InChI is InChI=1S/C11H11IN2O5/c12-8-7(15)3-6(4-13-8)9(16)14-2-1-11(19,5-14)10(17)18/h3-4,15,19H,1-2,5H2,(H,17,18). The normalized spacial score (nSPS) is 22.5. The molecule has 0 spiro atoms. The van der Waals surface area contributed by atoms with Crippen molar-refractivity contribution in [3.63, 3.8) is 0 Å². The van der Waals surface area contributed by atoms with E-state index in [-0.39, 0.29) is 30.8 Å². The minimum absolute atomic E-state index is 0.0160. The van der Waals surface area contributed by atoms with Crippen molar-refractivity contribution in [2.45, 2.75) is 12.0 Å². The summed E-state index contributed by atoms with van der Waals surface area (Å²) in [6, 6.07) is 1.27. The minimum Gasteiger partial charge on any atom is -0.505 e. The maximum atomic E-state index is 12.1. The van der Waals surface area contributed by atoms with Crippen molar-refractivity contribution in [3.05, 3.63) is 21.5 Å². The Kier molecular flexibility index (Phi) is 3.63. The van der Waals surface area contributed by atoms with Crippen LogP contribution in [-0.4, -0.2) is 55.8 Å². The lowest BCUT2D eigenvalue weighted by Gasteiger charge is -2.19. The molecule has 2 heterocycles. The van der Waals surface area contributed by atoms with Gasteiger partial charge in [0, 0.05) is 19.2 Å². The van der Waals surface area contributed by atoms with Crippen molar-refractivity contribution in [2.75, 3.05) is 13.1 Å². The predicted octanol–water partition coefficient (Wildman–Crippen LogP) is 0.0534. The summed E-state index contributed by atoms with van der Waals surface area (Å²) in [5.74, 6) is -1.91. The number of aliphatic hydroxyl groups is 1. The number of hydrogen-bond donors (Lipinski definition) is 3. The van der Waals surface area contributed by atoms with Crippen LogP contribution in [0.4, 0.5) is 0 Å². The number of nitrogens with zero attached hydrogens (tertiary/aromatic N) is 2. The van der Waals surface area contributed by atoms with Crippen LogP contribution >= 0.6 is 22.6 Å². The van der Waals surface area contributed by atoms with Gasteiger partial charge in [0.1, 0.15) is 9.45 Å². The number of halogens is 1. The molecular weight excluding hydrogens is 367 g/mol. The number of carbonyl (C=O) groups is 2. The second-order valence-electron chi connectivity index (χ2n) is 4.35. The molecule has 2 rings (SSSR count). The summed E-state index contributed by atoms with van der Waals surface area (Å²) in [4.78, 5) is 28.1. The van der Waals surface area contributed by atoms with E-state index in [0.29, 0.717) is 3.70 Å². The number of aromatic hydroxyl groups is 1. The Hall–Kier alpha value is -1.42. The fourth-order valence-corrected chi connectivity index (χ4v) is 2.17. The van der Waals surface area contributed by atoms with Gasteiger partial charge in [-0.25, -0.2) is 9.78 Å². The highest BCUT2D eigenvalue weighted by Crippen LogP contribution is 2.24. The summed E-state index contributed by atoms with van der Waals surface area (Å²) in [6.45, 7) is -0.123. The van der Waals surface area contributed by atoms with Gasteiger partial charge in [0.2, 0.25) is 0 Å². The number of aliphatic carboxylic acids is 1. The number of carboxylic acid groups (broad SMARTS) is 1. The van der Waals surface area contributed by atoms with Gasteiger partial charge in [0.25, 0.3) is 5.91 Å². The monoisotopic (exact) mass is 378 g/mol. The molecule has 1 aromatic rings. The molecule has 1 atom stereocenters. The molecule has 0 aromatic carbocycles. The fraction of sp³-hybridized carbons (Fsp3) is 0.364. The van der Waals surface area contributed by atoms with E-state index in [1.54, 1.807) is 0 Å². The average Bonchev–Trinajstić information content (AvgIpc) is 2.76. The van der Waals surface area contributed by atoms with Gasteiger partial charge in [-0.05, 0) is 28.7 Å². The van der Waals surface area contributed by atoms with Gasteiger partial charge in [-0.15, -0.1) is 0 Å². The van der Waals surface area contributed by atoms with Crippen LogP contribution in [-0.2, 0) is 4.79 Å². The molecule has 1 saturated heterocycles. The number of amides is 1. The van der Waals surface area contributed by atoms with Gasteiger partial charge in [0.15, 0.2) is 5.60 Å². The first-order valence-electron chi connectivity index (χ1n) is 5.43. The van der Waals surface area contributed by atoms with Crippen LogP contribution in [0, 0.1) is 3.70 Å². The van der Waals surface area contributed by atoms with E-state index < -0.39 is 17.5 Å². The zero-order chi connectivity index (χ0) is 14.2. The van der Waals surface area contributed by atoms with E-state index in [4.69, 9.17) is 5.11 Å². The van der Waals surface area contributed by atoms with Crippen molar-refractivity contribution in [2.24, 2.45) is 0 Å². The van der Waals surface area contributed by atoms with E-state index in [9.17, 15) is 19.8 Å². The number of rotatable bonds is 2. The third-order valence-corrected chi connectivity index (χ3v) is 3.83. The molecule has 1 aliphatic rings. The smallest absolute Gasteiger partial charge is 0.337 e. The lowest BCUT2D eigenvalue weighted by atomic mass is 10.0. The molecule has 0 bridgehead atoms. The molecule has 1 aliphatic heterocycles. The molecule has 0 radical (unpaired) electrons. The highest BCUT2D eigenvalue weighted by atomic mass is 127. The van der Waals surface area contributed by atoms with Crippen molar-refractivity contribution < 1.29 is 24.9 Å². The van der Waals surface area contributed by atoms with Gasteiger partial charge in [-0.3, -0.25) is 4.79 Å². The highest BCUT2D eigenvalue weighted by molar-refractivity contribution is 14.1. The average molecular weight is 378 g/mol. The van der Waals surface area contributed by atoms with Gasteiger partial charge < -0.3 is 20.2 Å². The first kappa shape index (κ1) is 14.0. The lowest BCUT2D eigenvalue weighted by Crippen LogP contribution is -2.42. The molecular formula is C11H11IN2O5. The number of aromatic nitrogens is 1. The van der Waals surface area contributed by atoms with E-state index in [1.165, 1.54) is 17.2 Å². The molecule has 8 heteroatoms.